The fourth-order valence-electron chi connectivity index (χ4n) is 2.21. The van der Waals surface area contributed by atoms with Gasteiger partial charge in [0.15, 0.2) is 0 Å². The lowest BCUT2D eigenvalue weighted by molar-refractivity contribution is -0.121. The number of nitrogens with zero attached hydrogens (tertiary/aromatic N) is 1. The summed E-state index contributed by atoms with van der Waals surface area (Å²) in [5.74, 6) is -0.0825. The summed E-state index contributed by atoms with van der Waals surface area (Å²) in [4.78, 5) is 13.7. The topological polar surface area (TPSA) is 32.3 Å². The summed E-state index contributed by atoms with van der Waals surface area (Å²) in [6.45, 7) is 11.1. The van der Waals surface area contributed by atoms with Gasteiger partial charge < -0.3 is 5.32 Å². The molecule has 0 saturated carbocycles. The molecule has 3 heteroatoms. The summed E-state index contributed by atoms with van der Waals surface area (Å²) in [5, 5.41) is 3.07. The van der Waals surface area contributed by atoms with Crippen LogP contribution < -0.4 is 5.32 Å². The molecule has 1 atom stereocenters. The maximum absolute atomic E-state index is 11.4. The first kappa shape index (κ1) is 12.2. The summed E-state index contributed by atoms with van der Waals surface area (Å²) in [5.41, 5.74) is -0.199. The highest BCUT2D eigenvalue weighted by atomic mass is 16.1. The number of carbonyl (C=O) groups is 1. The Morgan fingerprint density at radius 1 is 1.47 bits per heavy atom. The molecule has 1 saturated heterocycles. The minimum atomic E-state index is -0.175. The van der Waals surface area contributed by atoms with E-state index in [1.807, 2.05) is 0 Å². The number of likely N-dealkylation sites (tertiary alicyclic amines) is 1. The van der Waals surface area contributed by atoms with Crippen LogP contribution in [-0.2, 0) is 4.79 Å². The fraction of sp³-hybridized carbons (Fsp3) is 0.750. The van der Waals surface area contributed by atoms with E-state index in [0.29, 0.717) is 0 Å². The maximum atomic E-state index is 11.4. The minimum Gasteiger partial charge on any atom is -0.346 e. The van der Waals surface area contributed by atoms with Gasteiger partial charge in [-0.1, -0.05) is 6.58 Å². The van der Waals surface area contributed by atoms with E-state index in [1.165, 1.54) is 6.08 Å². The first-order chi connectivity index (χ1) is 6.83. The van der Waals surface area contributed by atoms with E-state index in [0.717, 1.165) is 19.4 Å². The van der Waals surface area contributed by atoms with Gasteiger partial charge in [-0.15, -0.1) is 0 Å². The van der Waals surface area contributed by atoms with Gasteiger partial charge in [-0.25, -0.2) is 0 Å². The zero-order valence-electron chi connectivity index (χ0n) is 10.3. The van der Waals surface area contributed by atoms with Crippen LogP contribution in [-0.4, -0.2) is 35.5 Å². The third kappa shape index (κ3) is 2.07. The standard InChI is InChI=1S/C12H22N2O/c1-6-10(15)13-12(4)8-7-9-14(5)11(12,2)3/h6H,1,7-9H2,2-5H3,(H,13,15). The molecule has 1 fully saturated rings. The van der Waals surface area contributed by atoms with E-state index in [1.54, 1.807) is 0 Å². The molecule has 0 bridgehead atoms. The van der Waals surface area contributed by atoms with Crippen LogP contribution in [0, 0.1) is 0 Å². The van der Waals surface area contributed by atoms with Crippen LogP contribution in [0.25, 0.3) is 0 Å². The molecule has 1 amide bonds. The van der Waals surface area contributed by atoms with E-state index in [9.17, 15) is 4.79 Å². The molecule has 1 unspecified atom stereocenters. The number of hydrogen-bond donors (Lipinski definition) is 1. The number of hydrogen-bond acceptors (Lipinski definition) is 2. The Morgan fingerprint density at radius 2 is 2.07 bits per heavy atom. The maximum Gasteiger partial charge on any atom is 0.243 e. The molecule has 86 valence electrons. The highest BCUT2D eigenvalue weighted by Crippen LogP contribution is 2.35. The summed E-state index contributed by atoms with van der Waals surface area (Å²) < 4.78 is 0. The summed E-state index contributed by atoms with van der Waals surface area (Å²) in [7, 11) is 2.11. The lowest BCUT2D eigenvalue weighted by Gasteiger charge is -2.53. The second kappa shape index (κ2) is 3.97. The molecule has 1 heterocycles. The first-order valence-corrected chi connectivity index (χ1v) is 5.49. The van der Waals surface area contributed by atoms with Gasteiger partial charge in [0.2, 0.25) is 5.91 Å². The number of rotatable bonds is 2. The third-order valence-electron chi connectivity index (χ3n) is 4.06. The Balaban J connectivity index is 2.89. The summed E-state index contributed by atoms with van der Waals surface area (Å²) >= 11 is 0. The van der Waals surface area contributed by atoms with Gasteiger partial charge in [-0.05, 0) is 53.3 Å². The van der Waals surface area contributed by atoms with Gasteiger partial charge in [-0.3, -0.25) is 9.69 Å². The normalized spacial score (nSPS) is 30.9. The van der Waals surface area contributed by atoms with Crippen LogP contribution in [0.3, 0.4) is 0 Å². The van der Waals surface area contributed by atoms with Crippen LogP contribution in [0.2, 0.25) is 0 Å². The first-order valence-electron chi connectivity index (χ1n) is 5.49. The van der Waals surface area contributed by atoms with Crippen LogP contribution in [0.5, 0.6) is 0 Å². The van der Waals surface area contributed by atoms with Crippen LogP contribution in [0.1, 0.15) is 33.6 Å². The molecule has 0 spiro atoms. The average Bonchev–Trinajstić information content (AvgIpc) is 2.15. The quantitative estimate of drug-likeness (QED) is 0.701. The van der Waals surface area contributed by atoms with Crippen LogP contribution >= 0.6 is 0 Å². The van der Waals surface area contributed by atoms with Crippen molar-refractivity contribution < 1.29 is 4.79 Å². The summed E-state index contributed by atoms with van der Waals surface area (Å²) in [6.07, 6.45) is 3.48. The lowest BCUT2D eigenvalue weighted by atomic mass is 9.73. The molecule has 0 aliphatic carbocycles. The van der Waals surface area contributed by atoms with Crippen molar-refractivity contribution in [3.8, 4) is 0 Å². The third-order valence-corrected chi connectivity index (χ3v) is 4.06. The van der Waals surface area contributed by atoms with E-state index >= 15 is 0 Å². The predicted molar refractivity (Wildman–Crippen MR) is 62.7 cm³/mol. The van der Waals surface area contributed by atoms with E-state index in [-0.39, 0.29) is 17.0 Å². The molecular weight excluding hydrogens is 188 g/mol. The molecule has 3 nitrogen and oxygen atoms in total. The van der Waals surface area contributed by atoms with Crippen molar-refractivity contribution >= 4 is 5.91 Å². The Kier molecular flexibility index (Phi) is 3.24. The molecule has 1 rings (SSSR count). The van der Waals surface area contributed by atoms with Gasteiger partial charge in [0, 0.05) is 5.54 Å². The van der Waals surface area contributed by atoms with Crippen molar-refractivity contribution in [1.82, 2.24) is 10.2 Å². The van der Waals surface area contributed by atoms with Crippen molar-refractivity contribution in [2.75, 3.05) is 13.6 Å². The van der Waals surface area contributed by atoms with Gasteiger partial charge >= 0.3 is 0 Å². The van der Waals surface area contributed by atoms with Gasteiger partial charge in [0.25, 0.3) is 0 Å². The SMILES string of the molecule is C=CC(=O)NC1(C)CCCN(C)C1(C)C. The van der Waals surface area contributed by atoms with Gasteiger partial charge in [0.05, 0.1) is 5.54 Å². The zero-order valence-corrected chi connectivity index (χ0v) is 10.3. The number of piperidine rings is 1. The Labute approximate surface area is 92.5 Å². The van der Waals surface area contributed by atoms with E-state index in [2.05, 4.69) is 44.6 Å². The second-order valence-electron chi connectivity index (χ2n) is 5.11. The molecule has 0 aromatic carbocycles. The zero-order chi connectivity index (χ0) is 11.7. The van der Waals surface area contributed by atoms with Crippen molar-refractivity contribution in [3.63, 3.8) is 0 Å². The molecule has 1 aliphatic rings. The predicted octanol–water partition coefficient (Wildman–Crippen LogP) is 1.55. The molecule has 0 aromatic heterocycles. The highest BCUT2D eigenvalue weighted by molar-refractivity contribution is 5.87. The van der Waals surface area contributed by atoms with Crippen molar-refractivity contribution in [2.45, 2.75) is 44.7 Å². The van der Waals surface area contributed by atoms with Crippen LogP contribution in [0.4, 0.5) is 0 Å². The van der Waals surface area contributed by atoms with Crippen molar-refractivity contribution in [3.05, 3.63) is 12.7 Å². The van der Waals surface area contributed by atoms with Gasteiger partial charge in [0.1, 0.15) is 0 Å². The Bertz CT molecular complexity index is 273. The average molecular weight is 210 g/mol. The molecular formula is C12H22N2O. The van der Waals surface area contributed by atoms with Crippen molar-refractivity contribution in [2.24, 2.45) is 0 Å². The summed E-state index contributed by atoms with van der Waals surface area (Å²) in [6, 6.07) is 0. The monoisotopic (exact) mass is 210 g/mol. The van der Waals surface area contributed by atoms with E-state index in [4.69, 9.17) is 0 Å². The van der Waals surface area contributed by atoms with E-state index < -0.39 is 0 Å². The number of nitrogens with one attached hydrogen (secondary N) is 1. The molecule has 15 heavy (non-hydrogen) atoms. The molecule has 0 aromatic rings. The number of amides is 1. The second-order valence-corrected chi connectivity index (χ2v) is 5.11. The lowest BCUT2D eigenvalue weighted by Crippen LogP contribution is -2.68. The largest absolute Gasteiger partial charge is 0.346 e. The molecule has 1 N–H and O–H groups in total. The molecule has 0 radical (unpaired) electrons. The van der Waals surface area contributed by atoms with Crippen LogP contribution in [0.15, 0.2) is 12.7 Å². The highest BCUT2D eigenvalue weighted by Gasteiger charge is 2.46. The number of carbonyl (C=O) groups excluding carboxylic acids is 1. The van der Waals surface area contributed by atoms with Gasteiger partial charge in [-0.2, -0.15) is 0 Å². The van der Waals surface area contributed by atoms with Crippen molar-refractivity contribution in [1.29, 1.82) is 0 Å². The smallest absolute Gasteiger partial charge is 0.243 e. The Morgan fingerprint density at radius 3 is 2.60 bits per heavy atom. The Hall–Kier alpha value is -0.830. The molecule has 1 aliphatic heterocycles. The number of likely N-dealkylation sites (N-methyl/N-ethyl adjacent to an activating group) is 1. The fourth-order valence-corrected chi connectivity index (χ4v) is 2.21. The minimum absolute atomic E-state index is 0.0239.